The van der Waals surface area contributed by atoms with Crippen molar-refractivity contribution >= 4 is 43.6 Å². The topological polar surface area (TPSA) is 57.4 Å². The van der Waals surface area contributed by atoms with E-state index < -0.39 is 11.6 Å². The Kier molecular flexibility index (Phi) is 4.60. The second kappa shape index (κ2) is 8.03. The molecule has 0 aliphatic heterocycles. The van der Waals surface area contributed by atoms with E-state index in [4.69, 9.17) is 0 Å². The largest absolute Gasteiger partial charge is 0.308 e. The smallest absolute Gasteiger partial charge is 0.150 e. The van der Waals surface area contributed by atoms with E-state index in [-0.39, 0.29) is 5.69 Å². The van der Waals surface area contributed by atoms with E-state index in [1.54, 1.807) is 22.8 Å². The van der Waals surface area contributed by atoms with E-state index in [2.05, 4.69) is 12.1 Å². The highest BCUT2D eigenvalue weighted by Gasteiger charge is 2.23. The van der Waals surface area contributed by atoms with Gasteiger partial charge < -0.3 is 9.13 Å². The number of nitriles is 2. The molecule has 0 saturated heterocycles. The number of benzene rings is 5. The molecule has 5 aromatic carbocycles. The van der Waals surface area contributed by atoms with Gasteiger partial charge in [-0.2, -0.15) is 10.5 Å². The molecule has 0 aliphatic carbocycles. The molecule has 7 aromatic rings. The van der Waals surface area contributed by atoms with Crippen LogP contribution >= 0.6 is 0 Å². The molecule has 0 saturated carbocycles. The summed E-state index contributed by atoms with van der Waals surface area (Å²) in [4.78, 5) is 0. The van der Waals surface area contributed by atoms with Gasteiger partial charge >= 0.3 is 0 Å². The van der Waals surface area contributed by atoms with Gasteiger partial charge in [0.05, 0.1) is 45.0 Å². The van der Waals surface area contributed by atoms with Gasteiger partial charge in [-0.3, -0.25) is 0 Å². The highest BCUT2D eigenvalue weighted by molar-refractivity contribution is 6.26. The molecular formula is C32H16F2N4. The van der Waals surface area contributed by atoms with E-state index in [1.807, 2.05) is 65.2 Å². The molecule has 6 heteroatoms. The normalized spacial score (nSPS) is 11.4. The van der Waals surface area contributed by atoms with Crippen LogP contribution in [0, 0.1) is 34.3 Å². The molecule has 2 aromatic heterocycles. The number of para-hydroxylation sites is 3. The van der Waals surface area contributed by atoms with E-state index in [0.29, 0.717) is 27.8 Å². The number of aromatic nitrogens is 2. The monoisotopic (exact) mass is 494 g/mol. The maximum atomic E-state index is 15.3. The van der Waals surface area contributed by atoms with Crippen molar-refractivity contribution in [2.75, 3.05) is 0 Å². The third-order valence-corrected chi connectivity index (χ3v) is 7.12. The molecule has 0 atom stereocenters. The molecule has 0 spiro atoms. The molecule has 2 heterocycles. The van der Waals surface area contributed by atoms with Gasteiger partial charge in [-0.05, 0) is 48.5 Å². The zero-order valence-electron chi connectivity index (χ0n) is 19.8. The first-order valence-electron chi connectivity index (χ1n) is 12.0. The summed E-state index contributed by atoms with van der Waals surface area (Å²) in [6.07, 6.45) is 0. The average molecular weight is 495 g/mol. The Morgan fingerprint density at radius 3 is 1.97 bits per heavy atom. The SMILES string of the molecule is N#Cc1ccc(-n2c3ccccc3c3c2ccc2c4ccccc4n(-c4c(F)cccc4F)c23)c(C#N)c1. The fourth-order valence-corrected chi connectivity index (χ4v) is 5.59. The highest BCUT2D eigenvalue weighted by Crippen LogP contribution is 2.42. The Hall–Kier alpha value is -5.46. The molecule has 0 N–H and O–H groups in total. The quantitative estimate of drug-likeness (QED) is 0.245. The minimum Gasteiger partial charge on any atom is -0.308 e. The van der Waals surface area contributed by atoms with Crippen LogP contribution in [0.4, 0.5) is 8.78 Å². The van der Waals surface area contributed by atoms with Crippen molar-refractivity contribution in [3.8, 4) is 23.5 Å². The van der Waals surface area contributed by atoms with Crippen LogP contribution in [0.25, 0.3) is 55.0 Å². The lowest BCUT2D eigenvalue weighted by Gasteiger charge is -2.12. The van der Waals surface area contributed by atoms with Crippen molar-refractivity contribution in [3.63, 3.8) is 0 Å². The number of hydrogen-bond donors (Lipinski definition) is 0. The van der Waals surface area contributed by atoms with Crippen molar-refractivity contribution in [3.05, 3.63) is 120 Å². The number of hydrogen-bond acceptors (Lipinski definition) is 2. The molecule has 0 radical (unpaired) electrons. The van der Waals surface area contributed by atoms with Crippen LogP contribution in [0.1, 0.15) is 11.1 Å². The maximum Gasteiger partial charge on any atom is 0.150 e. The summed E-state index contributed by atoms with van der Waals surface area (Å²) in [6.45, 7) is 0. The Morgan fingerprint density at radius 1 is 0.579 bits per heavy atom. The lowest BCUT2D eigenvalue weighted by atomic mass is 10.1. The standard InChI is InChI=1S/C32H16F2N4/c33-24-8-5-9-25(34)32(24)38-27-10-3-1-6-21(27)22-13-15-29-30(31(22)38)23-7-2-4-11-28(23)37(29)26-14-12-19(17-35)16-20(26)18-36/h1-16H. The number of halogens is 2. The van der Waals surface area contributed by atoms with Gasteiger partial charge in [-0.25, -0.2) is 8.78 Å². The number of rotatable bonds is 2. The lowest BCUT2D eigenvalue weighted by Crippen LogP contribution is -2.01. The summed E-state index contributed by atoms with van der Waals surface area (Å²) in [5.41, 5.74) is 4.21. The van der Waals surface area contributed by atoms with Crippen molar-refractivity contribution in [1.29, 1.82) is 10.5 Å². The number of nitrogens with zero attached hydrogens (tertiary/aromatic N) is 4. The summed E-state index contributed by atoms with van der Waals surface area (Å²) in [6, 6.07) is 32.5. The summed E-state index contributed by atoms with van der Waals surface area (Å²) < 4.78 is 34.2. The fourth-order valence-electron chi connectivity index (χ4n) is 5.59. The summed E-state index contributed by atoms with van der Waals surface area (Å²) in [5, 5.41) is 22.7. The van der Waals surface area contributed by atoms with E-state index in [9.17, 15) is 10.5 Å². The van der Waals surface area contributed by atoms with Crippen molar-refractivity contribution < 1.29 is 8.78 Å². The van der Waals surface area contributed by atoms with Crippen molar-refractivity contribution in [2.45, 2.75) is 0 Å². The summed E-state index contributed by atoms with van der Waals surface area (Å²) in [5.74, 6) is -1.32. The predicted octanol–water partition coefficient (Wildman–Crippen LogP) is 7.90. The van der Waals surface area contributed by atoms with Crippen LogP contribution in [0.15, 0.2) is 97.1 Å². The number of fused-ring (bicyclic) bond motifs is 7. The zero-order chi connectivity index (χ0) is 26.0. The van der Waals surface area contributed by atoms with Crippen LogP contribution in [-0.2, 0) is 0 Å². The first-order chi connectivity index (χ1) is 18.6. The van der Waals surface area contributed by atoms with Crippen LogP contribution < -0.4 is 0 Å². The minimum absolute atomic E-state index is 0.140. The van der Waals surface area contributed by atoms with Gasteiger partial charge in [0.2, 0.25) is 0 Å². The predicted molar refractivity (Wildman–Crippen MR) is 144 cm³/mol. The van der Waals surface area contributed by atoms with E-state index in [1.165, 1.54) is 18.2 Å². The lowest BCUT2D eigenvalue weighted by molar-refractivity contribution is 0.573. The first kappa shape index (κ1) is 21.8. The van der Waals surface area contributed by atoms with Gasteiger partial charge in [-0.1, -0.05) is 48.5 Å². The van der Waals surface area contributed by atoms with Crippen LogP contribution in [0.2, 0.25) is 0 Å². The zero-order valence-corrected chi connectivity index (χ0v) is 19.8. The second-order valence-corrected chi connectivity index (χ2v) is 9.09. The summed E-state index contributed by atoms with van der Waals surface area (Å²) in [7, 11) is 0. The molecular weight excluding hydrogens is 478 g/mol. The van der Waals surface area contributed by atoms with Gasteiger partial charge in [0.15, 0.2) is 0 Å². The molecule has 0 aliphatic rings. The van der Waals surface area contributed by atoms with Crippen molar-refractivity contribution in [1.82, 2.24) is 9.13 Å². The molecule has 0 fully saturated rings. The van der Waals surface area contributed by atoms with E-state index in [0.717, 1.165) is 32.6 Å². The second-order valence-electron chi connectivity index (χ2n) is 9.09. The average Bonchev–Trinajstić information content (AvgIpc) is 3.46. The van der Waals surface area contributed by atoms with Gasteiger partial charge in [0.25, 0.3) is 0 Å². The Morgan fingerprint density at radius 2 is 1.26 bits per heavy atom. The molecule has 0 bridgehead atoms. The third kappa shape index (κ3) is 2.86. The molecule has 0 amide bonds. The minimum atomic E-state index is -0.660. The van der Waals surface area contributed by atoms with E-state index >= 15 is 8.78 Å². The maximum absolute atomic E-state index is 15.3. The Balaban J connectivity index is 1.75. The fraction of sp³-hybridized carbons (Fsp3) is 0. The molecule has 7 rings (SSSR count). The van der Waals surface area contributed by atoms with Gasteiger partial charge in [-0.15, -0.1) is 0 Å². The molecule has 178 valence electrons. The molecule has 38 heavy (non-hydrogen) atoms. The Bertz CT molecular complexity index is 2170. The van der Waals surface area contributed by atoms with Crippen molar-refractivity contribution in [2.24, 2.45) is 0 Å². The van der Waals surface area contributed by atoms with Gasteiger partial charge in [0, 0.05) is 21.5 Å². The van der Waals surface area contributed by atoms with Crippen LogP contribution in [0.3, 0.4) is 0 Å². The third-order valence-electron chi connectivity index (χ3n) is 7.12. The molecule has 4 nitrogen and oxygen atoms in total. The van der Waals surface area contributed by atoms with Crippen LogP contribution in [0.5, 0.6) is 0 Å². The highest BCUT2D eigenvalue weighted by atomic mass is 19.1. The van der Waals surface area contributed by atoms with Crippen LogP contribution in [-0.4, -0.2) is 9.13 Å². The Labute approximate surface area is 215 Å². The van der Waals surface area contributed by atoms with Gasteiger partial charge in [0.1, 0.15) is 23.4 Å². The first-order valence-corrected chi connectivity index (χ1v) is 12.0. The molecule has 0 unspecified atom stereocenters. The summed E-state index contributed by atoms with van der Waals surface area (Å²) >= 11 is 0.